The Balaban J connectivity index is 1.16. The van der Waals surface area contributed by atoms with E-state index in [0.29, 0.717) is 30.5 Å². The van der Waals surface area contributed by atoms with Crippen molar-refractivity contribution in [1.82, 2.24) is 9.62 Å². The van der Waals surface area contributed by atoms with Gasteiger partial charge in [-0.1, -0.05) is 56.3 Å². The number of nitrogens with one attached hydrogen (secondary N) is 1. The smallest absolute Gasteiger partial charge is 0.407 e. The third-order valence-electron chi connectivity index (χ3n) is 8.83. The average molecular weight is 697 g/mol. The zero-order chi connectivity index (χ0) is 34.4. The van der Waals surface area contributed by atoms with Gasteiger partial charge in [0.15, 0.2) is 17.8 Å². The molecule has 3 heterocycles. The maximum atomic E-state index is 13.9. The Kier molecular flexibility index (Phi) is 11.3. The average Bonchev–Trinajstić information content (AvgIpc) is 3.84. The van der Waals surface area contributed by atoms with Crippen LogP contribution in [0.25, 0.3) is 0 Å². The number of amides is 1. The molecule has 6 rings (SSSR count). The highest BCUT2D eigenvalue weighted by molar-refractivity contribution is 7.89. The summed E-state index contributed by atoms with van der Waals surface area (Å²) in [5, 5.41) is 14.5. The number of hydrogen-bond donors (Lipinski definition) is 2. The molecule has 0 radical (unpaired) electrons. The second-order valence-corrected chi connectivity index (χ2v) is 14.9. The number of ether oxygens (including phenoxy) is 6. The van der Waals surface area contributed by atoms with E-state index in [1.54, 1.807) is 6.07 Å². The van der Waals surface area contributed by atoms with Crippen LogP contribution in [-0.2, 0) is 37.1 Å². The molecule has 5 atom stereocenters. The molecule has 3 aromatic rings. The summed E-state index contributed by atoms with van der Waals surface area (Å²) in [6.45, 7) is 4.95. The highest BCUT2D eigenvalue weighted by atomic mass is 32.2. The van der Waals surface area contributed by atoms with Crippen molar-refractivity contribution in [2.24, 2.45) is 11.8 Å². The minimum Gasteiger partial charge on any atom is -0.493 e. The first-order valence-electron chi connectivity index (χ1n) is 16.7. The summed E-state index contributed by atoms with van der Waals surface area (Å²) in [6.07, 6.45) is -1.20. The van der Waals surface area contributed by atoms with E-state index in [1.807, 2.05) is 56.3 Å². The van der Waals surface area contributed by atoms with Gasteiger partial charge in [0.05, 0.1) is 42.8 Å². The zero-order valence-electron chi connectivity index (χ0n) is 27.7. The molecule has 2 N–H and O–H groups in total. The SMILES string of the molecule is CC(C)CN(C[C@@H](O)[C@H](Cc1ccc(OCCc2ccccc2)cc1)NC(=O)OC1COC2OCCC12)S(=O)(=O)c1ccc2c(c1)OCO2. The van der Waals surface area contributed by atoms with E-state index < -0.39 is 40.7 Å². The van der Waals surface area contributed by atoms with Gasteiger partial charge in [-0.05, 0) is 54.2 Å². The Morgan fingerprint density at radius 3 is 2.53 bits per heavy atom. The monoisotopic (exact) mass is 696 g/mol. The van der Waals surface area contributed by atoms with E-state index >= 15 is 0 Å². The van der Waals surface area contributed by atoms with Gasteiger partial charge in [-0.25, -0.2) is 13.2 Å². The molecule has 3 unspecified atom stereocenters. The Morgan fingerprint density at radius 2 is 1.76 bits per heavy atom. The third-order valence-corrected chi connectivity index (χ3v) is 10.7. The second kappa shape index (κ2) is 15.8. The van der Waals surface area contributed by atoms with Crippen molar-refractivity contribution in [3.8, 4) is 17.2 Å². The number of sulfonamides is 1. The molecule has 0 bridgehead atoms. The second-order valence-electron chi connectivity index (χ2n) is 13.0. The molecular weight excluding hydrogens is 652 g/mol. The maximum absolute atomic E-state index is 13.9. The first-order chi connectivity index (χ1) is 23.7. The summed E-state index contributed by atoms with van der Waals surface area (Å²) >= 11 is 0. The number of carbonyl (C=O) groups is 1. The molecular formula is C36H44N2O10S. The number of aliphatic hydroxyl groups excluding tert-OH is 1. The summed E-state index contributed by atoms with van der Waals surface area (Å²) in [5.41, 5.74) is 1.99. The Morgan fingerprint density at radius 1 is 0.980 bits per heavy atom. The van der Waals surface area contributed by atoms with Crippen LogP contribution in [0.1, 0.15) is 31.4 Å². The van der Waals surface area contributed by atoms with Gasteiger partial charge < -0.3 is 38.8 Å². The van der Waals surface area contributed by atoms with Crippen LogP contribution in [0.4, 0.5) is 4.79 Å². The highest BCUT2D eigenvalue weighted by Crippen LogP contribution is 2.35. The van der Waals surface area contributed by atoms with Gasteiger partial charge in [0.2, 0.25) is 16.8 Å². The van der Waals surface area contributed by atoms with Crippen LogP contribution in [0, 0.1) is 11.8 Å². The van der Waals surface area contributed by atoms with Crippen molar-refractivity contribution >= 4 is 16.1 Å². The molecule has 13 heteroatoms. The van der Waals surface area contributed by atoms with Gasteiger partial charge in [0.25, 0.3) is 0 Å². The normalized spacial score (nSPS) is 21.0. The predicted molar refractivity (Wildman–Crippen MR) is 179 cm³/mol. The number of carbonyl (C=O) groups excluding carboxylic acids is 1. The van der Waals surface area contributed by atoms with Crippen LogP contribution in [0.15, 0.2) is 77.7 Å². The molecule has 0 spiro atoms. The highest BCUT2D eigenvalue weighted by Gasteiger charge is 2.44. The summed E-state index contributed by atoms with van der Waals surface area (Å²) in [5.74, 6) is 1.39. The Bertz CT molecular complexity index is 1650. The number of benzene rings is 3. The number of rotatable bonds is 15. The summed E-state index contributed by atoms with van der Waals surface area (Å²) in [7, 11) is -4.06. The Hall–Kier alpha value is -3.88. The molecule has 49 heavy (non-hydrogen) atoms. The summed E-state index contributed by atoms with van der Waals surface area (Å²) < 4.78 is 62.7. The fourth-order valence-electron chi connectivity index (χ4n) is 6.26. The molecule has 0 saturated carbocycles. The van der Waals surface area contributed by atoms with Gasteiger partial charge in [-0.3, -0.25) is 0 Å². The van der Waals surface area contributed by atoms with Crippen LogP contribution < -0.4 is 19.5 Å². The van der Waals surface area contributed by atoms with Crippen LogP contribution in [0.2, 0.25) is 0 Å². The lowest BCUT2D eigenvalue weighted by Crippen LogP contribution is -2.51. The molecule has 0 aromatic heterocycles. The van der Waals surface area contributed by atoms with Gasteiger partial charge in [-0.2, -0.15) is 4.31 Å². The molecule has 12 nitrogen and oxygen atoms in total. The minimum atomic E-state index is -4.06. The first kappa shape index (κ1) is 35.0. The van der Waals surface area contributed by atoms with Crippen LogP contribution in [0.3, 0.4) is 0 Å². The number of hydrogen-bond acceptors (Lipinski definition) is 10. The first-order valence-corrected chi connectivity index (χ1v) is 18.1. The van der Waals surface area contributed by atoms with Gasteiger partial charge >= 0.3 is 6.09 Å². The molecule has 2 fully saturated rings. The van der Waals surface area contributed by atoms with Gasteiger partial charge in [-0.15, -0.1) is 0 Å². The number of nitrogens with zero attached hydrogens (tertiary/aromatic N) is 1. The summed E-state index contributed by atoms with van der Waals surface area (Å²) in [6, 6.07) is 21.0. The van der Waals surface area contributed by atoms with Gasteiger partial charge in [0.1, 0.15) is 11.9 Å². The van der Waals surface area contributed by atoms with Crippen molar-refractivity contribution in [3.63, 3.8) is 0 Å². The minimum absolute atomic E-state index is 0.0128. The molecule has 0 aliphatic carbocycles. The zero-order valence-corrected chi connectivity index (χ0v) is 28.5. The lowest BCUT2D eigenvalue weighted by atomic mass is 10.0. The van der Waals surface area contributed by atoms with Gasteiger partial charge in [0, 0.05) is 25.6 Å². The van der Waals surface area contributed by atoms with E-state index in [9.17, 15) is 18.3 Å². The van der Waals surface area contributed by atoms with Crippen molar-refractivity contribution in [1.29, 1.82) is 0 Å². The quantitative estimate of drug-likeness (QED) is 0.238. The van der Waals surface area contributed by atoms with Crippen molar-refractivity contribution in [3.05, 3.63) is 83.9 Å². The van der Waals surface area contributed by atoms with E-state index in [-0.39, 0.29) is 49.6 Å². The largest absolute Gasteiger partial charge is 0.493 e. The Labute approximate surface area is 287 Å². The van der Waals surface area contributed by atoms with Crippen LogP contribution in [0.5, 0.6) is 17.2 Å². The lowest BCUT2D eigenvalue weighted by molar-refractivity contribution is -0.0907. The number of alkyl carbamates (subject to hydrolysis) is 1. The van der Waals surface area contributed by atoms with E-state index in [0.717, 1.165) is 18.4 Å². The van der Waals surface area contributed by atoms with Crippen molar-refractivity contribution < 1.29 is 46.7 Å². The van der Waals surface area contributed by atoms with E-state index in [4.69, 9.17) is 28.4 Å². The predicted octanol–water partition coefficient (Wildman–Crippen LogP) is 4.14. The van der Waals surface area contributed by atoms with E-state index in [2.05, 4.69) is 17.4 Å². The third kappa shape index (κ3) is 8.84. The number of aliphatic hydroxyl groups is 1. The molecule has 264 valence electrons. The lowest BCUT2D eigenvalue weighted by Gasteiger charge is -2.31. The fraction of sp³-hybridized carbons (Fsp3) is 0.472. The standard InChI is InChI=1S/C36H44N2O10S/c1-24(2)20-38(49(41,42)28-12-13-32-33(19-28)47-23-46-32)21-31(39)30(37-36(40)48-34-22-45-35-29(34)15-17-44-35)18-26-8-10-27(11-9-26)43-16-14-25-6-4-3-5-7-25/h3-13,19,24,29-31,34-35,39H,14-18,20-23H2,1-2H3,(H,37,40)/t29?,30-,31+,34?,35?/m0/s1. The number of fused-ring (bicyclic) bond motifs is 2. The topological polar surface area (TPSA) is 142 Å². The van der Waals surface area contributed by atoms with Crippen molar-refractivity contribution in [2.45, 2.75) is 62.5 Å². The van der Waals surface area contributed by atoms with Crippen LogP contribution in [-0.4, -0.2) is 88.2 Å². The maximum Gasteiger partial charge on any atom is 0.407 e. The van der Waals surface area contributed by atoms with Crippen LogP contribution >= 0.6 is 0 Å². The molecule has 3 aromatic carbocycles. The molecule has 3 aliphatic rings. The van der Waals surface area contributed by atoms with E-state index in [1.165, 1.54) is 22.0 Å². The molecule has 2 saturated heterocycles. The summed E-state index contributed by atoms with van der Waals surface area (Å²) in [4.78, 5) is 13.3. The molecule has 1 amide bonds. The fourth-order valence-corrected chi connectivity index (χ4v) is 7.90. The van der Waals surface area contributed by atoms with Crippen molar-refractivity contribution in [2.75, 3.05) is 39.7 Å². The molecule has 3 aliphatic heterocycles.